The molecule has 1 atom stereocenters. The predicted molar refractivity (Wildman–Crippen MR) is 158 cm³/mol. The van der Waals surface area contributed by atoms with Crippen LogP contribution in [-0.2, 0) is 11.0 Å². The molecule has 0 fully saturated rings. The van der Waals surface area contributed by atoms with Gasteiger partial charge in [0.15, 0.2) is 0 Å². The van der Waals surface area contributed by atoms with E-state index in [2.05, 4.69) is 16.0 Å². The number of hydrogen-bond acceptors (Lipinski definition) is 4. The lowest BCUT2D eigenvalue weighted by Gasteiger charge is -2.21. The molecule has 0 radical (unpaired) electrons. The van der Waals surface area contributed by atoms with E-state index in [-0.39, 0.29) is 34.5 Å². The molecule has 0 bridgehead atoms. The normalized spacial score (nSPS) is 11.9. The monoisotopic (exact) mass is 589 g/mol. The van der Waals surface area contributed by atoms with Crippen molar-refractivity contribution in [1.82, 2.24) is 10.6 Å². The number of benzene rings is 4. The highest BCUT2D eigenvalue weighted by atomic mass is 19.4. The standard InChI is InChI=1S/C33H30F3N3O4/c1-20(2)37-32(42)29(22-9-5-4-6-10-22)39-30(40)23-15-18-27(28(19-23)43-3)38-31(41)26-12-8-7-11-25(26)21-13-16-24(17-14-21)33(34,35)36/h4-20,29H,1-3H3,(H,37,42)(H,38,41)(H,39,40)/t29-/m0/s1. The summed E-state index contributed by atoms with van der Waals surface area (Å²) in [5.74, 6) is -1.23. The first-order chi connectivity index (χ1) is 20.5. The molecule has 222 valence electrons. The Morgan fingerprint density at radius 1 is 0.767 bits per heavy atom. The number of hydrogen-bond donors (Lipinski definition) is 3. The van der Waals surface area contributed by atoms with Crippen LogP contribution < -0.4 is 20.7 Å². The molecule has 0 heterocycles. The van der Waals surface area contributed by atoms with Crippen LogP contribution in [-0.4, -0.2) is 30.9 Å². The van der Waals surface area contributed by atoms with Crippen LogP contribution in [0.2, 0.25) is 0 Å². The van der Waals surface area contributed by atoms with Crippen molar-refractivity contribution in [2.75, 3.05) is 12.4 Å². The largest absolute Gasteiger partial charge is 0.495 e. The molecule has 43 heavy (non-hydrogen) atoms. The summed E-state index contributed by atoms with van der Waals surface area (Å²) in [7, 11) is 1.38. The van der Waals surface area contributed by atoms with Crippen LogP contribution in [0.3, 0.4) is 0 Å². The van der Waals surface area contributed by atoms with Crippen LogP contribution >= 0.6 is 0 Å². The maximum Gasteiger partial charge on any atom is 0.416 e. The van der Waals surface area contributed by atoms with Gasteiger partial charge < -0.3 is 20.7 Å². The smallest absolute Gasteiger partial charge is 0.416 e. The van der Waals surface area contributed by atoms with Gasteiger partial charge in [-0.3, -0.25) is 14.4 Å². The fourth-order valence-corrected chi connectivity index (χ4v) is 4.43. The van der Waals surface area contributed by atoms with E-state index < -0.39 is 29.6 Å². The molecule has 7 nitrogen and oxygen atoms in total. The number of halogens is 3. The van der Waals surface area contributed by atoms with Crippen molar-refractivity contribution in [1.29, 1.82) is 0 Å². The third-order valence-corrected chi connectivity index (χ3v) is 6.51. The van der Waals surface area contributed by atoms with E-state index in [1.54, 1.807) is 48.5 Å². The Labute approximate surface area is 247 Å². The second-order valence-corrected chi connectivity index (χ2v) is 9.97. The topological polar surface area (TPSA) is 96.5 Å². The summed E-state index contributed by atoms with van der Waals surface area (Å²) in [6, 6.07) is 23.3. The predicted octanol–water partition coefficient (Wildman–Crippen LogP) is 6.63. The third kappa shape index (κ3) is 7.59. The van der Waals surface area contributed by atoms with Gasteiger partial charge in [-0.05, 0) is 66.9 Å². The molecule has 0 saturated heterocycles. The Bertz CT molecular complexity index is 1600. The Balaban J connectivity index is 1.55. The summed E-state index contributed by atoms with van der Waals surface area (Å²) in [6.45, 7) is 3.64. The number of anilines is 1. The van der Waals surface area contributed by atoms with Crippen molar-refractivity contribution in [3.05, 3.63) is 119 Å². The molecule has 0 aromatic heterocycles. The molecule has 0 saturated carbocycles. The lowest BCUT2D eigenvalue weighted by molar-refractivity contribution is -0.137. The molecule has 3 N–H and O–H groups in total. The number of amides is 3. The van der Waals surface area contributed by atoms with E-state index in [0.29, 0.717) is 16.7 Å². The summed E-state index contributed by atoms with van der Waals surface area (Å²) < 4.78 is 44.5. The first kappa shape index (κ1) is 30.8. The average molecular weight is 590 g/mol. The lowest BCUT2D eigenvalue weighted by Crippen LogP contribution is -2.42. The molecule has 4 aromatic carbocycles. The second-order valence-electron chi connectivity index (χ2n) is 9.97. The molecule has 0 aliphatic carbocycles. The zero-order valence-corrected chi connectivity index (χ0v) is 23.7. The van der Waals surface area contributed by atoms with Gasteiger partial charge >= 0.3 is 6.18 Å². The van der Waals surface area contributed by atoms with Crippen molar-refractivity contribution in [3.63, 3.8) is 0 Å². The highest BCUT2D eigenvalue weighted by molar-refractivity contribution is 6.09. The Kier molecular flexibility index (Phi) is 9.49. The van der Waals surface area contributed by atoms with Crippen molar-refractivity contribution < 1.29 is 32.3 Å². The van der Waals surface area contributed by atoms with Gasteiger partial charge in [0.05, 0.1) is 18.4 Å². The maximum absolute atomic E-state index is 13.3. The van der Waals surface area contributed by atoms with Gasteiger partial charge in [-0.2, -0.15) is 13.2 Å². The molecule has 0 unspecified atom stereocenters. The maximum atomic E-state index is 13.3. The first-order valence-corrected chi connectivity index (χ1v) is 13.4. The summed E-state index contributed by atoms with van der Waals surface area (Å²) in [6.07, 6.45) is -4.47. The van der Waals surface area contributed by atoms with Crippen molar-refractivity contribution in [3.8, 4) is 16.9 Å². The number of methoxy groups -OCH3 is 1. The third-order valence-electron chi connectivity index (χ3n) is 6.51. The number of nitrogens with one attached hydrogen (secondary N) is 3. The molecule has 0 spiro atoms. The second kappa shape index (κ2) is 13.2. The zero-order valence-electron chi connectivity index (χ0n) is 23.7. The van der Waals surface area contributed by atoms with Gasteiger partial charge in [-0.1, -0.05) is 60.7 Å². The van der Waals surface area contributed by atoms with Gasteiger partial charge in [0.1, 0.15) is 11.8 Å². The van der Waals surface area contributed by atoms with Crippen LogP contribution in [0.5, 0.6) is 5.75 Å². The van der Waals surface area contributed by atoms with Crippen molar-refractivity contribution >= 4 is 23.4 Å². The number of rotatable bonds is 9. The fraction of sp³-hybridized carbons (Fsp3) is 0.182. The first-order valence-electron chi connectivity index (χ1n) is 13.4. The minimum absolute atomic E-state index is 0.136. The highest BCUT2D eigenvalue weighted by Crippen LogP contribution is 2.33. The minimum Gasteiger partial charge on any atom is -0.495 e. The SMILES string of the molecule is COc1cc(C(=O)N[C@H](C(=O)NC(C)C)c2ccccc2)ccc1NC(=O)c1ccccc1-c1ccc(C(F)(F)F)cc1. The van der Waals surface area contributed by atoms with Gasteiger partial charge in [-0.25, -0.2) is 0 Å². The Morgan fingerprint density at radius 2 is 1.42 bits per heavy atom. The van der Waals surface area contributed by atoms with E-state index in [0.717, 1.165) is 12.1 Å². The quantitative estimate of drug-likeness (QED) is 0.204. The summed E-state index contributed by atoms with van der Waals surface area (Å²) in [5.41, 5.74) is 1.39. The molecular weight excluding hydrogens is 559 g/mol. The molecule has 3 amide bonds. The van der Waals surface area contributed by atoms with Gasteiger partial charge in [0, 0.05) is 17.2 Å². The number of ether oxygens (including phenoxy) is 1. The fourth-order valence-electron chi connectivity index (χ4n) is 4.43. The lowest BCUT2D eigenvalue weighted by atomic mass is 9.98. The molecule has 0 aliphatic heterocycles. The summed E-state index contributed by atoms with van der Waals surface area (Å²) in [4.78, 5) is 39.4. The van der Waals surface area contributed by atoms with Crippen LogP contribution in [0.25, 0.3) is 11.1 Å². The molecule has 4 aromatic rings. The number of alkyl halides is 3. The number of carbonyl (C=O) groups excluding carboxylic acids is 3. The average Bonchev–Trinajstić information content (AvgIpc) is 2.99. The van der Waals surface area contributed by atoms with Crippen LogP contribution in [0, 0.1) is 0 Å². The Hall–Kier alpha value is -5.12. The highest BCUT2D eigenvalue weighted by Gasteiger charge is 2.30. The van der Waals surface area contributed by atoms with Gasteiger partial charge in [0.2, 0.25) is 5.91 Å². The summed E-state index contributed by atoms with van der Waals surface area (Å²) in [5, 5.41) is 8.34. The van der Waals surface area contributed by atoms with E-state index in [1.165, 1.54) is 37.4 Å². The van der Waals surface area contributed by atoms with Gasteiger partial charge in [0.25, 0.3) is 11.8 Å². The summed E-state index contributed by atoms with van der Waals surface area (Å²) >= 11 is 0. The van der Waals surface area contributed by atoms with E-state index >= 15 is 0 Å². The van der Waals surface area contributed by atoms with Crippen LogP contribution in [0.15, 0.2) is 97.1 Å². The molecular formula is C33H30F3N3O4. The van der Waals surface area contributed by atoms with Crippen LogP contribution in [0.1, 0.15) is 51.7 Å². The number of carbonyl (C=O) groups is 3. The van der Waals surface area contributed by atoms with E-state index in [9.17, 15) is 27.6 Å². The molecule has 4 rings (SSSR count). The van der Waals surface area contributed by atoms with Crippen LogP contribution in [0.4, 0.5) is 18.9 Å². The van der Waals surface area contributed by atoms with Crippen molar-refractivity contribution in [2.24, 2.45) is 0 Å². The zero-order chi connectivity index (χ0) is 31.1. The Morgan fingerprint density at radius 3 is 2.05 bits per heavy atom. The van der Waals surface area contributed by atoms with E-state index in [4.69, 9.17) is 4.74 Å². The van der Waals surface area contributed by atoms with E-state index in [1.807, 2.05) is 19.9 Å². The van der Waals surface area contributed by atoms with Crippen molar-refractivity contribution in [2.45, 2.75) is 32.1 Å². The molecule has 0 aliphatic rings. The van der Waals surface area contributed by atoms with Gasteiger partial charge in [-0.15, -0.1) is 0 Å². The molecule has 10 heteroatoms. The minimum atomic E-state index is -4.47.